The molecule has 2 aromatic rings. The number of rotatable bonds is 4. The topological polar surface area (TPSA) is 58.1 Å². The first-order valence-corrected chi connectivity index (χ1v) is 9.83. The van der Waals surface area contributed by atoms with Gasteiger partial charge in [0.05, 0.1) is 0 Å². The van der Waals surface area contributed by atoms with E-state index in [1.165, 1.54) is 24.8 Å². The van der Waals surface area contributed by atoms with Crippen molar-refractivity contribution >= 4 is 11.6 Å². The van der Waals surface area contributed by atoms with Crippen LogP contribution in [0.1, 0.15) is 63.6 Å². The molecule has 0 unspecified atom stereocenters. The van der Waals surface area contributed by atoms with Gasteiger partial charge in [-0.1, -0.05) is 33.6 Å². The third kappa shape index (κ3) is 5.13. The minimum absolute atomic E-state index is 0.0245. The zero-order valence-corrected chi connectivity index (χ0v) is 16.6. The lowest BCUT2D eigenvalue weighted by molar-refractivity contribution is -0.123. The van der Waals surface area contributed by atoms with E-state index in [0.717, 1.165) is 30.8 Å². The van der Waals surface area contributed by atoms with Crippen molar-refractivity contribution in [1.82, 2.24) is 14.9 Å². The highest BCUT2D eigenvalue weighted by Crippen LogP contribution is 2.32. The lowest BCUT2D eigenvalue weighted by Gasteiger charge is -2.31. The van der Waals surface area contributed by atoms with Gasteiger partial charge in [-0.05, 0) is 43.1 Å². The second-order valence-electron chi connectivity index (χ2n) is 8.35. The fourth-order valence-corrected chi connectivity index (χ4v) is 3.52. The van der Waals surface area contributed by atoms with Gasteiger partial charge in [0.2, 0.25) is 5.91 Å². The van der Waals surface area contributed by atoms with Gasteiger partial charge in [0.25, 0.3) is 0 Å². The van der Waals surface area contributed by atoms with Crippen molar-refractivity contribution in [3.05, 3.63) is 54.1 Å². The summed E-state index contributed by atoms with van der Waals surface area (Å²) >= 11 is 0. The molecular formula is C22H30N4O. The molecule has 1 amide bonds. The van der Waals surface area contributed by atoms with E-state index in [0.29, 0.717) is 6.04 Å². The Bertz CT molecular complexity index is 754. The van der Waals surface area contributed by atoms with E-state index in [4.69, 9.17) is 0 Å². The molecule has 1 aliphatic rings. The first-order valence-electron chi connectivity index (χ1n) is 9.83. The van der Waals surface area contributed by atoms with Crippen LogP contribution in [0.3, 0.4) is 0 Å². The minimum atomic E-state index is -0.428. The van der Waals surface area contributed by atoms with Crippen LogP contribution < -0.4 is 5.32 Å². The maximum absolute atomic E-state index is 12.5. The van der Waals surface area contributed by atoms with E-state index in [1.54, 1.807) is 6.20 Å². The lowest BCUT2D eigenvalue weighted by atomic mass is 9.95. The van der Waals surface area contributed by atoms with Crippen LogP contribution in [0.25, 0.3) is 0 Å². The lowest BCUT2D eigenvalue weighted by Crippen LogP contribution is -2.30. The normalized spacial score (nSPS) is 18.7. The number of nitrogens with one attached hydrogen (secondary N) is 1. The van der Waals surface area contributed by atoms with Gasteiger partial charge in [0, 0.05) is 54.0 Å². The summed E-state index contributed by atoms with van der Waals surface area (Å²) in [5.74, 6) is 0.0245. The SMILES string of the molecule is CC(C)(C)C(=O)Nc1ccncc1CN1CCCCC[C@@H]1c1ccncc1. The van der Waals surface area contributed by atoms with Crippen molar-refractivity contribution in [2.45, 2.75) is 59.0 Å². The van der Waals surface area contributed by atoms with Crippen LogP contribution in [0.2, 0.25) is 0 Å². The average molecular weight is 367 g/mol. The van der Waals surface area contributed by atoms with Crippen LogP contribution in [0.5, 0.6) is 0 Å². The first kappa shape index (κ1) is 19.5. The number of carbonyl (C=O) groups is 1. The fourth-order valence-electron chi connectivity index (χ4n) is 3.52. The molecule has 0 bridgehead atoms. The number of anilines is 1. The van der Waals surface area contributed by atoms with Crippen molar-refractivity contribution in [1.29, 1.82) is 0 Å². The molecule has 0 aromatic carbocycles. The number of aromatic nitrogens is 2. The highest BCUT2D eigenvalue weighted by molar-refractivity contribution is 5.95. The van der Waals surface area contributed by atoms with Crippen LogP contribution in [0, 0.1) is 5.41 Å². The smallest absolute Gasteiger partial charge is 0.229 e. The number of carbonyl (C=O) groups excluding carboxylic acids is 1. The quantitative estimate of drug-likeness (QED) is 0.860. The summed E-state index contributed by atoms with van der Waals surface area (Å²) in [6.45, 7) is 7.61. The van der Waals surface area contributed by atoms with E-state index in [9.17, 15) is 4.79 Å². The van der Waals surface area contributed by atoms with Crippen LogP contribution in [0.4, 0.5) is 5.69 Å². The molecule has 1 atom stereocenters. The molecule has 1 aliphatic heterocycles. The molecule has 0 radical (unpaired) electrons. The molecule has 3 rings (SSSR count). The first-order chi connectivity index (χ1) is 12.9. The largest absolute Gasteiger partial charge is 0.325 e. The molecule has 1 fully saturated rings. The van der Waals surface area contributed by atoms with Gasteiger partial charge in [-0.15, -0.1) is 0 Å². The van der Waals surface area contributed by atoms with E-state index >= 15 is 0 Å². The van der Waals surface area contributed by atoms with Gasteiger partial charge in [0.15, 0.2) is 0 Å². The van der Waals surface area contributed by atoms with Crippen LogP contribution in [-0.2, 0) is 11.3 Å². The van der Waals surface area contributed by atoms with Gasteiger partial charge < -0.3 is 5.32 Å². The Morgan fingerprint density at radius 3 is 2.59 bits per heavy atom. The molecular weight excluding hydrogens is 336 g/mol. The van der Waals surface area contributed by atoms with Gasteiger partial charge in [-0.25, -0.2) is 0 Å². The summed E-state index contributed by atoms with van der Waals surface area (Å²) < 4.78 is 0. The molecule has 1 saturated heterocycles. The Morgan fingerprint density at radius 1 is 1.11 bits per heavy atom. The third-order valence-electron chi connectivity index (χ3n) is 5.16. The van der Waals surface area contributed by atoms with Gasteiger partial charge >= 0.3 is 0 Å². The third-order valence-corrected chi connectivity index (χ3v) is 5.16. The number of amides is 1. The molecule has 0 aliphatic carbocycles. The monoisotopic (exact) mass is 366 g/mol. The van der Waals surface area contributed by atoms with Gasteiger partial charge in [-0.3, -0.25) is 19.7 Å². The molecule has 0 spiro atoms. The summed E-state index contributed by atoms with van der Waals surface area (Å²) in [4.78, 5) is 23.5. The molecule has 144 valence electrons. The maximum Gasteiger partial charge on any atom is 0.229 e. The Balaban J connectivity index is 1.83. The average Bonchev–Trinajstić information content (AvgIpc) is 2.89. The molecule has 27 heavy (non-hydrogen) atoms. The number of nitrogens with zero attached hydrogens (tertiary/aromatic N) is 3. The van der Waals surface area contributed by atoms with Crippen molar-refractivity contribution < 1.29 is 4.79 Å². The summed E-state index contributed by atoms with van der Waals surface area (Å²) in [5, 5.41) is 3.09. The summed E-state index contributed by atoms with van der Waals surface area (Å²) in [6, 6.07) is 6.52. The zero-order chi connectivity index (χ0) is 19.3. The second-order valence-corrected chi connectivity index (χ2v) is 8.35. The highest BCUT2D eigenvalue weighted by Gasteiger charge is 2.25. The van der Waals surface area contributed by atoms with Crippen LogP contribution >= 0.6 is 0 Å². The van der Waals surface area contributed by atoms with Crippen LogP contribution in [-0.4, -0.2) is 27.3 Å². The summed E-state index contributed by atoms with van der Waals surface area (Å²) in [5.41, 5.74) is 2.82. The van der Waals surface area contributed by atoms with E-state index in [1.807, 2.05) is 45.4 Å². The second kappa shape index (κ2) is 8.61. The molecule has 2 aromatic heterocycles. The van der Waals surface area contributed by atoms with E-state index in [2.05, 4.69) is 32.3 Å². The van der Waals surface area contributed by atoms with Crippen molar-refractivity contribution in [3.8, 4) is 0 Å². The molecule has 0 saturated carbocycles. The predicted octanol–water partition coefficient (Wildman–Crippen LogP) is 4.58. The number of hydrogen-bond donors (Lipinski definition) is 1. The molecule has 5 heteroatoms. The molecule has 5 nitrogen and oxygen atoms in total. The standard InChI is InChI=1S/C22H30N4O/c1-22(2,3)21(27)25-19-10-13-24-15-18(19)16-26-14-6-4-5-7-20(26)17-8-11-23-12-9-17/h8-13,15,20H,4-7,14,16H2,1-3H3,(H,24,25,27)/t20-/m1/s1. The van der Waals surface area contributed by atoms with Crippen molar-refractivity contribution in [2.75, 3.05) is 11.9 Å². The minimum Gasteiger partial charge on any atom is -0.325 e. The highest BCUT2D eigenvalue weighted by atomic mass is 16.2. The van der Waals surface area contributed by atoms with E-state index < -0.39 is 5.41 Å². The Labute approximate surface area is 162 Å². The van der Waals surface area contributed by atoms with Crippen molar-refractivity contribution in [3.63, 3.8) is 0 Å². The van der Waals surface area contributed by atoms with Crippen LogP contribution in [0.15, 0.2) is 43.0 Å². The number of hydrogen-bond acceptors (Lipinski definition) is 4. The van der Waals surface area contributed by atoms with Crippen molar-refractivity contribution in [2.24, 2.45) is 5.41 Å². The maximum atomic E-state index is 12.5. The van der Waals surface area contributed by atoms with E-state index in [-0.39, 0.29) is 5.91 Å². The number of likely N-dealkylation sites (tertiary alicyclic amines) is 1. The Morgan fingerprint density at radius 2 is 1.85 bits per heavy atom. The van der Waals surface area contributed by atoms with Gasteiger partial charge in [-0.2, -0.15) is 0 Å². The Kier molecular flexibility index (Phi) is 6.22. The molecule has 1 N–H and O–H groups in total. The molecule has 3 heterocycles. The predicted molar refractivity (Wildman–Crippen MR) is 108 cm³/mol. The Hall–Kier alpha value is -2.27. The fraction of sp³-hybridized carbons (Fsp3) is 0.500. The van der Waals surface area contributed by atoms with Gasteiger partial charge in [0.1, 0.15) is 0 Å². The summed E-state index contributed by atoms with van der Waals surface area (Å²) in [6.07, 6.45) is 12.2. The zero-order valence-electron chi connectivity index (χ0n) is 16.6. The summed E-state index contributed by atoms with van der Waals surface area (Å²) in [7, 11) is 0. The number of pyridine rings is 2.